The van der Waals surface area contributed by atoms with Gasteiger partial charge in [-0.25, -0.2) is 13.6 Å². The zero-order valence-corrected chi connectivity index (χ0v) is 13.3. The lowest BCUT2D eigenvalue weighted by Gasteiger charge is -2.11. The molecule has 23 heavy (non-hydrogen) atoms. The Labute approximate surface area is 138 Å². The minimum Gasteiger partial charge on any atom is -0.331 e. The van der Waals surface area contributed by atoms with Crippen molar-refractivity contribution in [1.29, 1.82) is 0 Å². The summed E-state index contributed by atoms with van der Waals surface area (Å²) in [5.41, 5.74) is 5.84. The summed E-state index contributed by atoms with van der Waals surface area (Å²) < 4.78 is 22.3. The molecule has 120 valence electrons. The van der Waals surface area contributed by atoms with E-state index < -0.39 is 15.9 Å². The van der Waals surface area contributed by atoms with E-state index in [1.807, 2.05) is 0 Å². The monoisotopic (exact) mass is 351 g/mol. The first-order valence-electron chi connectivity index (χ1n) is 6.26. The number of benzene rings is 1. The average molecular weight is 351 g/mol. The molecule has 2 aromatic rings. The average Bonchev–Trinajstić information content (AvgIpc) is 2.53. The summed E-state index contributed by atoms with van der Waals surface area (Å²) in [7, 11) is -3.74. The van der Waals surface area contributed by atoms with E-state index in [1.165, 1.54) is 30.5 Å². The summed E-state index contributed by atoms with van der Waals surface area (Å²) in [5, 5.41) is 7.92. The van der Waals surface area contributed by atoms with Crippen molar-refractivity contribution in [2.75, 3.05) is 5.32 Å². The van der Waals surface area contributed by atoms with Gasteiger partial charge in [0.1, 0.15) is 0 Å². The van der Waals surface area contributed by atoms with Crippen molar-refractivity contribution < 1.29 is 13.2 Å². The number of primary sulfonamides is 1. The number of sulfonamides is 1. The maximum atomic E-state index is 11.8. The van der Waals surface area contributed by atoms with E-state index >= 15 is 0 Å². The van der Waals surface area contributed by atoms with Crippen LogP contribution in [0.15, 0.2) is 53.7 Å². The summed E-state index contributed by atoms with van der Waals surface area (Å²) in [6.07, 6.45) is 2.97. The van der Waals surface area contributed by atoms with Gasteiger partial charge >= 0.3 is 0 Å². The summed E-state index contributed by atoms with van der Waals surface area (Å²) in [5.74, 6) is -0.396. The summed E-state index contributed by atoms with van der Waals surface area (Å²) in [6, 6.07) is 8.92. The highest BCUT2D eigenvalue weighted by molar-refractivity contribution is 7.89. The predicted octanol–water partition coefficient (Wildman–Crippen LogP) is 0.360. The molecule has 0 aliphatic carbocycles. The summed E-state index contributed by atoms with van der Waals surface area (Å²) in [6.45, 7) is 0. The Balaban J connectivity index is 1.89. The number of pyridine rings is 1. The number of carbonyl (C=O) groups is 1. The van der Waals surface area contributed by atoms with Crippen LogP contribution in [-0.4, -0.2) is 24.4 Å². The second-order valence-corrected chi connectivity index (χ2v) is 6.31. The molecule has 0 radical (unpaired) electrons. The number of nitrogens with two attached hydrogens (primary N) is 1. The summed E-state index contributed by atoms with van der Waals surface area (Å²) in [4.78, 5) is 15.6. The number of hydrogen-bond donors (Lipinski definition) is 4. The number of aromatic nitrogens is 1. The van der Waals surface area contributed by atoms with Crippen LogP contribution in [0, 0.1) is 0 Å². The van der Waals surface area contributed by atoms with Crippen LogP contribution >= 0.6 is 12.2 Å². The van der Waals surface area contributed by atoms with Gasteiger partial charge in [-0.2, -0.15) is 0 Å². The van der Waals surface area contributed by atoms with Crippen LogP contribution in [0.25, 0.3) is 0 Å². The topological polar surface area (TPSA) is 126 Å². The molecule has 0 spiro atoms. The Morgan fingerprint density at radius 2 is 1.83 bits per heavy atom. The standard InChI is InChI=1S/C13H13N5O3S2/c14-23(20,21)11-5-3-10(4-6-11)16-13(22)18-17-12(19)9-2-1-7-15-8-9/h1-8H,(H,17,19)(H2,14,20,21)(H2,16,18,22). The van der Waals surface area contributed by atoms with Crippen molar-refractivity contribution in [2.45, 2.75) is 4.90 Å². The molecular weight excluding hydrogens is 338 g/mol. The van der Waals surface area contributed by atoms with Gasteiger partial charge in [0.2, 0.25) is 10.0 Å². The molecule has 8 nitrogen and oxygen atoms in total. The van der Waals surface area contributed by atoms with Gasteiger partial charge in [0.05, 0.1) is 10.5 Å². The molecule has 0 unspecified atom stereocenters. The van der Waals surface area contributed by atoms with Gasteiger partial charge < -0.3 is 5.32 Å². The first-order chi connectivity index (χ1) is 10.9. The fraction of sp³-hybridized carbons (Fsp3) is 0. The molecule has 0 aliphatic heterocycles. The molecule has 0 atom stereocenters. The molecule has 0 saturated heterocycles. The molecule has 1 amide bonds. The Kier molecular flexibility index (Phi) is 5.21. The smallest absolute Gasteiger partial charge is 0.271 e. The van der Waals surface area contributed by atoms with Gasteiger partial charge in [0.25, 0.3) is 5.91 Å². The first-order valence-corrected chi connectivity index (χ1v) is 8.22. The number of hydrogen-bond acceptors (Lipinski definition) is 5. The van der Waals surface area contributed by atoms with Crippen LogP contribution in [0.4, 0.5) is 5.69 Å². The van der Waals surface area contributed by atoms with Crippen LogP contribution in [0.5, 0.6) is 0 Å². The van der Waals surface area contributed by atoms with E-state index in [0.29, 0.717) is 11.3 Å². The second kappa shape index (κ2) is 7.13. The van der Waals surface area contributed by atoms with Crippen molar-refractivity contribution in [2.24, 2.45) is 5.14 Å². The number of nitrogens with zero attached hydrogens (tertiary/aromatic N) is 1. The molecule has 5 N–H and O–H groups in total. The number of hydrazine groups is 1. The number of rotatable bonds is 3. The van der Waals surface area contributed by atoms with Gasteiger partial charge in [-0.05, 0) is 48.6 Å². The van der Waals surface area contributed by atoms with Gasteiger partial charge in [0.15, 0.2) is 5.11 Å². The van der Waals surface area contributed by atoms with E-state index in [2.05, 4.69) is 21.2 Å². The number of carbonyl (C=O) groups excluding carboxylic acids is 1. The number of amides is 1. The van der Waals surface area contributed by atoms with Crippen LogP contribution in [0.1, 0.15) is 10.4 Å². The molecule has 0 bridgehead atoms. The van der Waals surface area contributed by atoms with Crippen LogP contribution in [0.3, 0.4) is 0 Å². The van der Waals surface area contributed by atoms with Gasteiger partial charge in [-0.15, -0.1) is 0 Å². The lowest BCUT2D eigenvalue weighted by Crippen LogP contribution is -2.43. The number of anilines is 1. The highest BCUT2D eigenvalue weighted by Gasteiger charge is 2.08. The maximum absolute atomic E-state index is 11.8. The Hall–Kier alpha value is -2.56. The van der Waals surface area contributed by atoms with Crippen molar-refractivity contribution in [3.05, 3.63) is 54.4 Å². The Bertz CT molecular complexity index is 807. The number of nitrogens with one attached hydrogen (secondary N) is 3. The summed E-state index contributed by atoms with van der Waals surface area (Å²) >= 11 is 5.02. The third kappa shape index (κ3) is 4.98. The SMILES string of the molecule is NS(=O)(=O)c1ccc(NC(=S)NNC(=O)c2cccnc2)cc1. The third-order valence-corrected chi connectivity index (χ3v) is 3.79. The molecule has 1 aromatic heterocycles. The molecular formula is C13H13N5O3S2. The van der Waals surface area contributed by atoms with E-state index in [4.69, 9.17) is 17.4 Å². The zero-order valence-electron chi connectivity index (χ0n) is 11.7. The molecule has 0 saturated carbocycles. The zero-order chi connectivity index (χ0) is 16.9. The van der Waals surface area contributed by atoms with E-state index in [-0.39, 0.29) is 10.0 Å². The van der Waals surface area contributed by atoms with Crippen LogP contribution < -0.4 is 21.3 Å². The number of thiocarbonyl (C=S) groups is 1. The van der Waals surface area contributed by atoms with Crippen molar-refractivity contribution in [3.63, 3.8) is 0 Å². The first kappa shape index (κ1) is 16.8. The van der Waals surface area contributed by atoms with Crippen molar-refractivity contribution in [3.8, 4) is 0 Å². The molecule has 1 aromatic carbocycles. The normalized spacial score (nSPS) is 10.7. The molecule has 2 rings (SSSR count). The van der Waals surface area contributed by atoms with E-state index in [9.17, 15) is 13.2 Å². The highest BCUT2D eigenvalue weighted by Crippen LogP contribution is 2.12. The lowest BCUT2D eigenvalue weighted by molar-refractivity contribution is 0.0944. The van der Waals surface area contributed by atoms with Gasteiger partial charge in [0, 0.05) is 18.1 Å². The van der Waals surface area contributed by atoms with E-state index in [1.54, 1.807) is 18.3 Å². The molecule has 10 heteroatoms. The largest absolute Gasteiger partial charge is 0.331 e. The Morgan fingerprint density at radius 3 is 2.39 bits per heavy atom. The van der Waals surface area contributed by atoms with Crippen molar-refractivity contribution >= 4 is 38.9 Å². The van der Waals surface area contributed by atoms with Crippen LogP contribution in [-0.2, 0) is 10.0 Å². The van der Waals surface area contributed by atoms with Crippen molar-refractivity contribution in [1.82, 2.24) is 15.8 Å². The molecule has 0 fully saturated rings. The fourth-order valence-electron chi connectivity index (χ4n) is 1.57. The molecule has 1 heterocycles. The Morgan fingerprint density at radius 1 is 1.13 bits per heavy atom. The second-order valence-electron chi connectivity index (χ2n) is 4.34. The maximum Gasteiger partial charge on any atom is 0.271 e. The minimum atomic E-state index is -3.74. The van der Waals surface area contributed by atoms with E-state index in [0.717, 1.165) is 0 Å². The quantitative estimate of drug-likeness (QED) is 0.464. The van der Waals surface area contributed by atoms with Gasteiger partial charge in [-0.1, -0.05) is 0 Å². The third-order valence-electron chi connectivity index (χ3n) is 2.65. The predicted molar refractivity (Wildman–Crippen MR) is 88.9 cm³/mol. The highest BCUT2D eigenvalue weighted by atomic mass is 32.2. The fourth-order valence-corrected chi connectivity index (χ4v) is 2.26. The lowest BCUT2D eigenvalue weighted by atomic mass is 10.3. The minimum absolute atomic E-state index is 0.00759. The van der Waals surface area contributed by atoms with Gasteiger partial charge in [-0.3, -0.25) is 20.6 Å². The van der Waals surface area contributed by atoms with Crippen LogP contribution in [0.2, 0.25) is 0 Å². The molecule has 0 aliphatic rings.